The number of alkyl halides is 3. The third-order valence-corrected chi connectivity index (χ3v) is 4.10. The molecule has 12 heteroatoms. The molecule has 3 rings (SSSR count). The van der Waals surface area contributed by atoms with Crippen molar-refractivity contribution in [1.29, 1.82) is 0 Å². The summed E-state index contributed by atoms with van der Waals surface area (Å²) in [4.78, 5) is 12.3. The van der Waals surface area contributed by atoms with Gasteiger partial charge in [0.05, 0.1) is 18.5 Å². The van der Waals surface area contributed by atoms with Crippen LogP contribution in [-0.4, -0.2) is 46.0 Å². The first-order valence-corrected chi connectivity index (χ1v) is 8.94. The van der Waals surface area contributed by atoms with Gasteiger partial charge in [-0.15, -0.1) is 5.10 Å². The molecule has 0 saturated carbocycles. The van der Waals surface area contributed by atoms with E-state index in [1.807, 2.05) is 0 Å². The van der Waals surface area contributed by atoms with E-state index in [1.54, 1.807) is 0 Å². The predicted molar refractivity (Wildman–Crippen MR) is 101 cm³/mol. The number of ether oxygens (including phenoxy) is 2. The number of hydrogen-bond acceptors (Lipinski definition) is 6. The van der Waals surface area contributed by atoms with Crippen LogP contribution in [-0.2, 0) is 11.2 Å². The van der Waals surface area contributed by atoms with Crippen LogP contribution in [0.1, 0.15) is 12.0 Å². The van der Waals surface area contributed by atoms with Gasteiger partial charge in [0.15, 0.2) is 18.1 Å². The van der Waals surface area contributed by atoms with Crippen LogP contribution >= 0.6 is 0 Å². The monoisotopic (exact) mass is 439 g/mol. The summed E-state index contributed by atoms with van der Waals surface area (Å²) in [6, 6.07) is 8.37. The van der Waals surface area contributed by atoms with Gasteiger partial charge in [-0.25, -0.2) is 9.07 Å². The van der Waals surface area contributed by atoms with Crippen molar-refractivity contribution in [2.45, 2.75) is 19.0 Å². The number of benzene rings is 2. The molecule has 0 unspecified atom stereocenters. The summed E-state index contributed by atoms with van der Waals surface area (Å²) in [6.45, 7) is -1.44. The first kappa shape index (κ1) is 22.0. The van der Waals surface area contributed by atoms with Crippen molar-refractivity contribution < 1.29 is 31.8 Å². The first-order valence-electron chi connectivity index (χ1n) is 8.94. The fraction of sp³-hybridized carbons (Fsp3) is 0.263. The fourth-order valence-corrected chi connectivity index (χ4v) is 2.65. The lowest BCUT2D eigenvalue weighted by atomic mass is 10.1. The Hall–Kier alpha value is -3.70. The third-order valence-electron chi connectivity index (χ3n) is 4.10. The average Bonchev–Trinajstić information content (AvgIpc) is 3.27. The number of aryl methyl sites for hydroxylation is 1. The SMILES string of the molecule is COc1cc(CCC(=O)Nc2cc(-n3cnnn3)ccc2F)ccc1OCC(F)(F)F. The van der Waals surface area contributed by atoms with Crippen LogP contribution < -0.4 is 14.8 Å². The minimum absolute atomic E-state index is 0.000454. The molecule has 0 atom stereocenters. The van der Waals surface area contributed by atoms with Gasteiger partial charge in [-0.1, -0.05) is 6.07 Å². The molecular weight excluding hydrogens is 422 g/mol. The highest BCUT2D eigenvalue weighted by Gasteiger charge is 2.29. The van der Waals surface area contributed by atoms with Crippen LogP contribution in [0.2, 0.25) is 0 Å². The van der Waals surface area contributed by atoms with Gasteiger partial charge in [-0.05, 0) is 52.7 Å². The van der Waals surface area contributed by atoms with Gasteiger partial charge in [-0.2, -0.15) is 13.2 Å². The largest absolute Gasteiger partial charge is 0.493 e. The maximum absolute atomic E-state index is 14.0. The molecule has 1 N–H and O–H groups in total. The van der Waals surface area contributed by atoms with E-state index >= 15 is 0 Å². The number of carbonyl (C=O) groups is 1. The van der Waals surface area contributed by atoms with E-state index < -0.39 is 24.5 Å². The summed E-state index contributed by atoms with van der Waals surface area (Å²) >= 11 is 0. The minimum Gasteiger partial charge on any atom is -0.493 e. The normalized spacial score (nSPS) is 11.3. The highest BCUT2D eigenvalue weighted by Crippen LogP contribution is 2.30. The zero-order valence-corrected chi connectivity index (χ0v) is 16.2. The maximum atomic E-state index is 14.0. The van der Waals surface area contributed by atoms with Gasteiger partial charge in [0.1, 0.15) is 12.1 Å². The van der Waals surface area contributed by atoms with Crippen LogP contribution in [0.3, 0.4) is 0 Å². The molecular formula is C19H17F4N5O3. The highest BCUT2D eigenvalue weighted by molar-refractivity contribution is 5.91. The average molecular weight is 439 g/mol. The maximum Gasteiger partial charge on any atom is 0.422 e. The molecule has 0 spiro atoms. The van der Waals surface area contributed by atoms with E-state index in [9.17, 15) is 22.4 Å². The molecule has 1 aromatic heterocycles. The lowest BCUT2D eigenvalue weighted by Crippen LogP contribution is -2.19. The van der Waals surface area contributed by atoms with Gasteiger partial charge >= 0.3 is 6.18 Å². The summed E-state index contributed by atoms with van der Waals surface area (Å²) < 4.78 is 62.1. The molecule has 0 aliphatic heterocycles. The molecule has 3 aromatic rings. The fourth-order valence-electron chi connectivity index (χ4n) is 2.65. The zero-order chi connectivity index (χ0) is 22.4. The molecule has 1 heterocycles. The number of methoxy groups -OCH3 is 1. The van der Waals surface area contributed by atoms with Crippen LogP contribution in [0, 0.1) is 5.82 Å². The van der Waals surface area contributed by atoms with E-state index in [1.165, 1.54) is 54.5 Å². The highest BCUT2D eigenvalue weighted by atomic mass is 19.4. The van der Waals surface area contributed by atoms with Crippen molar-refractivity contribution in [3.8, 4) is 17.2 Å². The van der Waals surface area contributed by atoms with Crippen molar-refractivity contribution in [3.63, 3.8) is 0 Å². The quantitative estimate of drug-likeness (QED) is 0.542. The smallest absolute Gasteiger partial charge is 0.422 e. The summed E-state index contributed by atoms with van der Waals surface area (Å²) in [5.74, 6) is -1.03. The second-order valence-electron chi connectivity index (χ2n) is 6.36. The predicted octanol–water partition coefficient (Wildman–Crippen LogP) is 3.32. The zero-order valence-electron chi connectivity index (χ0n) is 16.2. The minimum atomic E-state index is -4.47. The Bertz CT molecular complexity index is 1040. The lowest BCUT2D eigenvalue weighted by Gasteiger charge is -2.13. The number of rotatable bonds is 8. The van der Waals surface area contributed by atoms with Crippen molar-refractivity contribution in [2.24, 2.45) is 0 Å². The number of anilines is 1. The standard InChI is InChI=1S/C19H17F4N5O3/c1-30-17-8-12(2-6-16(17)31-10-19(21,22)23)3-7-18(29)25-15-9-13(4-5-14(15)20)28-11-24-26-27-28/h2,4-6,8-9,11H,3,7,10H2,1H3,(H,25,29). The van der Waals surface area contributed by atoms with E-state index in [-0.39, 0.29) is 30.0 Å². The van der Waals surface area contributed by atoms with E-state index in [0.29, 0.717) is 11.3 Å². The van der Waals surface area contributed by atoms with Gasteiger partial charge in [-0.3, -0.25) is 4.79 Å². The second-order valence-corrected chi connectivity index (χ2v) is 6.36. The van der Waals surface area contributed by atoms with E-state index in [4.69, 9.17) is 9.47 Å². The number of carbonyl (C=O) groups excluding carboxylic acids is 1. The lowest BCUT2D eigenvalue weighted by molar-refractivity contribution is -0.153. The van der Waals surface area contributed by atoms with Gasteiger partial charge in [0, 0.05) is 6.42 Å². The summed E-state index contributed by atoms with van der Waals surface area (Å²) in [6.07, 6.45) is -2.90. The van der Waals surface area contributed by atoms with E-state index in [2.05, 4.69) is 20.8 Å². The number of nitrogens with one attached hydrogen (secondary N) is 1. The molecule has 0 saturated heterocycles. The molecule has 8 nitrogen and oxygen atoms in total. The molecule has 0 bridgehead atoms. The van der Waals surface area contributed by atoms with Crippen LogP contribution in [0.25, 0.3) is 5.69 Å². The van der Waals surface area contributed by atoms with Crippen molar-refractivity contribution in [2.75, 3.05) is 19.0 Å². The number of tetrazole rings is 1. The van der Waals surface area contributed by atoms with Crippen molar-refractivity contribution >= 4 is 11.6 Å². The number of hydrogen-bond donors (Lipinski definition) is 1. The Kier molecular flexibility index (Phi) is 6.68. The number of amides is 1. The van der Waals surface area contributed by atoms with Crippen molar-refractivity contribution in [3.05, 3.63) is 54.1 Å². The molecule has 164 valence electrons. The van der Waals surface area contributed by atoms with Crippen molar-refractivity contribution in [1.82, 2.24) is 20.2 Å². The Morgan fingerprint density at radius 3 is 2.65 bits per heavy atom. The summed E-state index contributed by atoms with van der Waals surface area (Å²) in [5, 5.41) is 13.2. The molecule has 1 amide bonds. The molecule has 0 aliphatic carbocycles. The molecule has 2 aromatic carbocycles. The van der Waals surface area contributed by atoms with Gasteiger partial charge < -0.3 is 14.8 Å². The Morgan fingerprint density at radius 1 is 1.16 bits per heavy atom. The van der Waals surface area contributed by atoms with Crippen LogP contribution in [0.15, 0.2) is 42.7 Å². The number of aromatic nitrogens is 4. The van der Waals surface area contributed by atoms with Gasteiger partial charge in [0.2, 0.25) is 5.91 Å². The Morgan fingerprint density at radius 2 is 1.97 bits per heavy atom. The van der Waals surface area contributed by atoms with Crippen LogP contribution in [0.5, 0.6) is 11.5 Å². The van der Waals surface area contributed by atoms with E-state index in [0.717, 1.165) is 0 Å². The van der Waals surface area contributed by atoms with Gasteiger partial charge in [0.25, 0.3) is 0 Å². The first-order chi connectivity index (χ1) is 14.7. The topological polar surface area (TPSA) is 91.2 Å². The molecule has 0 aliphatic rings. The third kappa shape index (κ3) is 6.14. The molecule has 0 radical (unpaired) electrons. The second kappa shape index (κ2) is 9.41. The number of halogens is 4. The van der Waals surface area contributed by atoms with Crippen LogP contribution in [0.4, 0.5) is 23.2 Å². The molecule has 31 heavy (non-hydrogen) atoms. The number of nitrogens with zero attached hydrogens (tertiary/aromatic N) is 4. The Balaban J connectivity index is 1.61. The summed E-state index contributed by atoms with van der Waals surface area (Å²) in [5.41, 5.74) is 1.06. The molecule has 0 fully saturated rings. The Labute approximate surface area is 173 Å². The summed E-state index contributed by atoms with van der Waals surface area (Å²) in [7, 11) is 1.30.